The molecule has 0 unspecified atom stereocenters. The number of carbonyl (C=O) groups is 2. The first-order chi connectivity index (χ1) is 10.6. The van der Waals surface area contributed by atoms with Gasteiger partial charge >= 0.3 is 5.97 Å². The van der Waals surface area contributed by atoms with Crippen molar-refractivity contribution in [3.63, 3.8) is 0 Å². The van der Waals surface area contributed by atoms with Crippen LogP contribution in [0.25, 0.3) is 0 Å². The molecule has 114 valence electrons. The second-order valence-electron chi connectivity index (χ2n) is 5.02. The molecule has 1 amide bonds. The van der Waals surface area contributed by atoms with E-state index in [2.05, 4.69) is 5.32 Å². The molecule has 1 N–H and O–H groups in total. The third-order valence-corrected chi connectivity index (χ3v) is 3.10. The van der Waals surface area contributed by atoms with Gasteiger partial charge in [0.2, 0.25) is 5.91 Å². The van der Waals surface area contributed by atoms with Crippen LogP contribution in [0.1, 0.15) is 28.4 Å². The first-order valence-corrected chi connectivity index (χ1v) is 7.21. The summed E-state index contributed by atoms with van der Waals surface area (Å²) in [5.74, 6) is -0.510. The molecule has 0 saturated heterocycles. The summed E-state index contributed by atoms with van der Waals surface area (Å²) in [5, 5.41) is 2.80. The molecule has 2 aromatic rings. The van der Waals surface area contributed by atoms with Crippen LogP contribution in [-0.2, 0) is 16.0 Å². The van der Waals surface area contributed by atoms with Crippen LogP contribution in [0, 0.1) is 6.92 Å². The van der Waals surface area contributed by atoms with Crippen molar-refractivity contribution in [3.05, 3.63) is 65.2 Å². The summed E-state index contributed by atoms with van der Waals surface area (Å²) < 4.78 is 4.95. The fourth-order valence-corrected chi connectivity index (χ4v) is 2.15. The van der Waals surface area contributed by atoms with Crippen LogP contribution in [0.15, 0.2) is 48.5 Å². The number of carbonyl (C=O) groups excluding carboxylic acids is 2. The van der Waals surface area contributed by atoms with Crippen molar-refractivity contribution in [2.75, 3.05) is 11.9 Å². The Balaban J connectivity index is 2.02. The topological polar surface area (TPSA) is 55.4 Å². The predicted octanol–water partition coefficient (Wildman–Crippen LogP) is 3.35. The fraction of sp³-hybridized carbons (Fsp3) is 0.222. The summed E-state index contributed by atoms with van der Waals surface area (Å²) in [7, 11) is 0. The highest BCUT2D eigenvalue weighted by Gasteiger charge is 2.09. The molecule has 2 rings (SSSR count). The fourth-order valence-electron chi connectivity index (χ4n) is 2.15. The molecule has 0 heterocycles. The van der Waals surface area contributed by atoms with Gasteiger partial charge in [0, 0.05) is 5.69 Å². The number of nitrogens with one attached hydrogen (secondary N) is 1. The van der Waals surface area contributed by atoms with E-state index in [1.807, 2.05) is 31.2 Å². The third kappa shape index (κ3) is 4.45. The molecule has 0 bridgehead atoms. The molecule has 2 aromatic carbocycles. The Morgan fingerprint density at radius 3 is 2.59 bits per heavy atom. The van der Waals surface area contributed by atoms with E-state index in [4.69, 9.17) is 4.74 Å². The molecule has 22 heavy (non-hydrogen) atoms. The van der Waals surface area contributed by atoms with Gasteiger partial charge in [0.1, 0.15) is 0 Å². The molecule has 0 saturated carbocycles. The second-order valence-corrected chi connectivity index (χ2v) is 5.02. The monoisotopic (exact) mass is 297 g/mol. The van der Waals surface area contributed by atoms with Crippen LogP contribution >= 0.6 is 0 Å². The summed E-state index contributed by atoms with van der Waals surface area (Å²) in [6, 6.07) is 14.6. The number of hydrogen-bond acceptors (Lipinski definition) is 3. The highest BCUT2D eigenvalue weighted by molar-refractivity contribution is 5.95. The zero-order chi connectivity index (χ0) is 15.9. The van der Waals surface area contributed by atoms with Gasteiger partial charge in [0.25, 0.3) is 0 Å². The van der Waals surface area contributed by atoms with Crippen molar-refractivity contribution in [2.24, 2.45) is 0 Å². The van der Waals surface area contributed by atoms with Gasteiger partial charge in [0.05, 0.1) is 18.6 Å². The lowest BCUT2D eigenvalue weighted by atomic mass is 10.1. The van der Waals surface area contributed by atoms with Gasteiger partial charge < -0.3 is 10.1 Å². The average molecular weight is 297 g/mol. The van der Waals surface area contributed by atoms with Gasteiger partial charge in [-0.3, -0.25) is 4.79 Å². The molecule has 0 radical (unpaired) electrons. The second kappa shape index (κ2) is 7.41. The van der Waals surface area contributed by atoms with E-state index >= 15 is 0 Å². The molecule has 0 aliphatic carbocycles. The number of benzene rings is 2. The van der Waals surface area contributed by atoms with Crippen LogP contribution < -0.4 is 5.32 Å². The quantitative estimate of drug-likeness (QED) is 0.861. The van der Waals surface area contributed by atoms with Crippen LogP contribution in [0.5, 0.6) is 0 Å². The molecule has 4 heteroatoms. The molecule has 0 aromatic heterocycles. The SMILES string of the molecule is CCOC(=O)c1cccc(NC(=O)Cc2cccc(C)c2)c1. The molecular formula is C18H19NO3. The first-order valence-electron chi connectivity index (χ1n) is 7.21. The van der Waals surface area contributed by atoms with E-state index in [0.29, 0.717) is 24.3 Å². The summed E-state index contributed by atoms with van der Waals surface area (Å²) in [6.07, 6.45) is 0.297. The summed E-state index contributed by atoms with van der Waals surface area (Å²) in [6.45, 7) is 4.07. The molecule has 0 aliphatic heterocycles. The smallest absolute Gasteiger partial charge is 0.338 e. The Labute approximate surface area is 130 Å². The number of rotatable bonds is 5. The predicted molar refractivity (Wildman–Crippen MR) is 85.9 cm³/mol. The summed E-state index contributed by atoms with van der Waals surface area (Å²) in [4.78, 5) is 23.7. The van der Waals surface area contributed by atoms with Gasteiger partial charge in [-0.25, -0.2) is 4.79 Å². The van der Waals surface area contributed by atoms with Crippen LogP contribution in [0.3, 0.4) is 0 Å². The Hall–Kier alpha value is -2.62. The Morgan fingerprint density at radius 2 is 1.86 bits per heavy atom. The van der Waals surface area contributed by atoms with Gasteiger partial charge in [-0.1, -0.05) is 35.9 Å². The van der Waals surface area contributed by atoms with E-state index in [0.717, 1.165) is 11.1 Å². The number of ether oxygens (including phenoxy) is 1. The third-order valence-electron chi connectivity index (χ3n) is 3.10. The van der Waals surface area contributed by atoms with Gasteiger partial charge in [-0.15, -0.1) is 0 Å². The molecule has 0 atom stereocenters. The van der Waals surface area contributed by atoms with Gasteiger partial charge in [-0.05, 0) is 37.6 Å². The summed E-state index contributed by atoms with van der Waals surface area (Å²) >= 11 is 0. The minimum atomic E-state index is -0.391. The Bertz CT molecular complexity index is 680. The lowest BCUT2D eigenvalue weighted by molar-refractivity contribution is -0.115. The first kappa shape index (κ1) is 15.8. The van der Waals surface area contributed by atoms with E-state index in [1.165, 1.54) is 0 Å². The molecular weight excluding hydrogens is 278 g/mol. The van der Waals surface area contributed by atoms with Crippen molar-refractivity contribution in [2.45, 2.75) is 20.3 Å². The maximum atomic E-state index is 12.1. The van der Waals surface area contributed by atoms with Crippen molar-refractivity contribution in [3.8, 4) is 0 Å². The van der Waals surface area contributed by atoms with Gasteiger partial charge in [0.15, 0.2) is 0 Å². The van der Waals surface area contributed by atoms with Crippen molar-refractivity contribution in [1.29, 1.82) is 0 Å². The van der Waals surface area contributed by atoms with Crippen molar-refractivity contribution < 1.29 is 14.3 Å². The van der Waals surface area contributed by atoms with E-state index in [-0.39, 0.29) is 5.91 Å². The standard InChI is InChI=1S/C18H19NO3/c1-3-22-18(21)15-8-5-9-16(12-15)19-17(20)11-14-7-4-6-13(2)10-14/h4-10,12H,3,11H2,1-2H3,(H,19,20). The number of aryl methyl sites for hydroxylation is 1. The van der Waals surface area contributed by atoms with E-state index in [9.17, 15) is 9.59 Å². The molecule has 0 aliphatic rings. The largest absolute Gasteiger partial charge is 0.462 e. The van der Waals surface area contributed by atoms with Crippen LogP contribution in [0.4, 0.5) is 5.69 Å². The summed E-state index contributed by atoms with van der Waals surface area (Å²) in [5.41, 5.74) is 3.09. The maximum absolute atomic E-state index is 12.1. The minimum Gasteiger partial charge on any atom is -0.462 e. The molecule has 4 nitrogen and oxygen atoms in total. The van der Waals surface area contributed by atoms with Crippen LogP contribution in [-0.4, -0.2) is 18.5 Å². The lowest BCUT2D eigenvalue weighted by Crippen LogP contribution is -2.15. The minimum absolute atomic E-state index is 0.119. The van der Waals surface area contributed by atoms with Crippen molar-refractivity contribution >= 4 is 17.6 Å². The Morgan fingerprint density at radius 1 is 1.09 bits per heavy atom. The Kier molecular flexibility index (Phi) is 5.31. The highest BCUT2D eigenvalue weighted by atomic mass is 16.5. The van der Waals surface area contributed by atoms with Crippen molar-refractivity contribution in [1.82, 2.24) is 0 Å². The molecule has 0 fully saturated rings. The zero-order valence-electron chi connectivity index (χ0n) is 12.8. The molecule has 0 spiro atoms. The zero-order valence-corrected chi connectivity index (χ0v) is 12.8. The average Bonchev–Trinajstić information content (AvgIpc) is 2.47. The van der Waals surface area contributed by atoms with E-state index in [1.54, 1.807) is 31.2 Å². The van der Waals surface area contributed by atoms with Gasteiger partial charge in [-0.2, -0.15) is 0 Å². The lowest BCUT2D eigenvalue weighted by Gasteiger charge is -2.08. The number of anilines is 1. The van der Waals surface area contributed by atoms with Crippen LogP contribution in [0.2, 0.25) is 0 Å². The maximum Gasteiger partial charge on any atom is 0.338 e. The van der Waals surface area contributed by atoms with E-state index < -0.39 is 5.97 Å². The normalized spacial score (nSPS) is 10.1. The number of amides is 1. The number of hydrogen-bond donors (Lipinski definition) is 1. The highest BCUT2D eigenvalue weighted by Crippen LogP contribution is 2.13. The number of esters is 1.